The number of nitrogens with zero attached hydrogens (tertiary/aromatic N) is 1. The van der Waals surface area contributed by atoms with Crippen LogP contribution in [0.3, 0.4) is 0 Å². The molecule has 0 radical (unpaired) electrons. The summed E-state index contributed by atoms with van der Waals surface area (Å²) < 4.78 is 23.7. The summed E-state index contributed by atoms with van der Waals surface area (Å²) in [6, 6.07) is 10.6. The fourth-order valence-electron chi connectivity index (χ4n) is 2.56. The predicted octanol–water partition coefficient (Wildman–Crippen LogP) is 3.79. The highest BCUT2D eigenvalue weighted by atomic mass is 19.1. The third-order valence-corrected chi connectivity index (χ3v) is 3.95. The van der Waals surface area contributed by atoms with E-state index in [2.05, 4.69) is 15.5 Å². The number of aromatic amines is 1. The van der Waals surface area contributed by atoms with Crippen molar-refractivity contribution in [2.45, 2.75) is 6.92 Å². The number of carbonyl (C=O) groups is 1. The quantitative estimate of drug-likeness (QED) is 0.730. The smallest absolute Gasteiger partial charge is 0.255 e. The molecule has 26 heavy (non-hydrogen) atoms. The van der Waals surface area contributed by atoms with E-state index in [1.807, 2.05) is 0 Å². The van der Waals surface area contributed by atoms with Crippen molar-refractivity contribution in [3.05, 3.63) is 59.5 Å². The van der Waals surface area contributed by atoms with Crippen LogP contribution in [0.4, 0.5) is 10.1 Å². The molecule has 0 spiro atoms. The Kier molecular flexibility index (Phi) is 4.88. The molecule has 0 bridgehead atoms. The first-order valence-electron chi connectivity index (χ1n) is 7.87. The first kappa shape index (κ1) is 17.5. The molecule has 3 aromatic rings. The normalized spacial score (nSPS) is 10.5. The van der Waals surface area contributed by atoms with Gasteiger partial charge in [0.1, 0.15) is 23.0 Å². The van der Waals surface area contributed by atoms with Gasteiger partial charge in [0.05, 0.1) is 25.6 Å². The lowest BCUT2D eigenvalue weighted by Crippen LogP contribution is -2.13. The van der Waals surface area contributed by atoms with Gasteiger partial charge in [-0.3, -0.25) is 9.89 Å². The van der Waals surface area contributed by atoms with Gasteiger partial charge in [-0.2, -0.15) is 5.10 Å². The zero-order valence-electron chi connectivity index (χ0n) is 14.6. The topological polar surface area (TPSA) is 76.2 Å². The van der Waals surface area contributed by atoms with Gasteiger partial charge in [0.2, 0.25) is 0 Å². The van der Waals surface area contributed by atoms with Crippen LogP contribution in [0.1, 0.15) is 16.1 Å². The number of halogens is 1. The maximum Gasteiger partial charge on any atom is 0.255 e. The molecule has 1 amide bonds. The Morgan fingerprint density at radius 2 is 1.85 bits per heavy atom. The largest absolute Gasteiger partial charge is 0.497 e. The molecule has 134 valence electrons. The number of methoxy groups -OCH3 is 2. The van der Waals surface area contributed by atoms with Crippen LogP contribution in [0, 0.1) is 12.7 Å². The van der Waals surface area contributed by atoms with Crippen molar-refractivity contribution < 1.29 is 18.7 Å². The molecule has 1 heterocycles. The predicted molar refractivity (Wildman–Crippen MR) is 96.2 cm³/mol. The zero-order valence-corrected chi connectivity index (χ0v) is 14.6. The Morgan fingerprint density at radius 1 is 1.12 bits per heavy atom. The van der Waals surface area contributed by atoms with Gasteiger partial charge in [-0.1, -0.05) is 0 Å². The first-order valence-corrected chi connectivity index (χ1v) is 7.87. The van der Waals surface area contributed by atoms with Gasteiger partial charge in [-0.05, 0) is 49.4 Å². The van der Waals surface area contributed by atoms with Crippen LogP contribution in [-0.2, 0) is 0 Å². The van der Waals surface area contributed by atoms with E-state index in [1.165, 1.54) is 24.3 Å². The molecule has 6 nitrogen and oxygen atoms in total. The number of amides is 1. The molecule has 0 atom stereocenters. The molecule has 0 aliphatic heterocycles. The number of rotatable bonds is 5. The van der Waals surface area contributed by atoms with Crippen molar-refractivity contribution in [2.24, 2.45) is 0 Å². The van der Waals surface area contributed by atoms with E-state index in [0.717, 1.165) is 0 Å². The fourth-order valence-corrected chi connectivity index (χ4v) is 2.56. The summed E-state index contributed by atoms with van der Waals surface area (Å²) in [6.07, 6.45) is 0. The van der Waals surface area contributed by atoms with E-state index in [1.54, 1.807) is 39.3 Å². The molecule has 0 aliphatic carbocycles. The first-order chi connectivity index (χ1) is 12.5. The number of H-pyrrole nitrogens is 1. The summed E-state index contributed by atoms with van der Waals surface area (Å²) in [6.45, 7) is 1.80. The SMILES string of the molecule is COc1ccc(OC)c(-c2n[nH]c(C)c2NC(=O)c2ccc(F)cc2)c1. The van der Waals surface area contributed by atoms with Crippen LogP contribution in [0.15, 0.2) is 42.5 Å². The molecule has 3 rings (SSSR count). The highest BCUT2D eigenvalue weighted by Crippen LogP contribution is 2.37. The van der Waals surface area contributed by atoms with Gasteiger partial charge in [0.15, 0.2) is 0 Å². The summed E-state index contributed by atoms with van der Waals surface area (Å²) in [5.74, 6) is 0.465. The minimum atomic E-state index is -0.400. The van der Waals surface area contributed by atoms with Crippen LogP contribution in [0.5, 0.6) is 11.5 Å². The molecule has 1 aromatic heterocycles. The van der Waals surface area contributed by atoms with Gasteiger partial charge in [-0.25, -0.2) is 4.39 Å². The van der Waals surface area contributed by atoms with E-state index < -0.39 is 5.82 Å². The fraction of sp³-hybridized carbons (Fsp3) is 0.158. The van der Waals surface area contributed by atoms with Crippen molar-refractivity contribution in [3.63, 3.8) is 0 Å². The van der Waals surface area contributed by atoms with Crippen LogP contribution < -0.4 is 14.8 Å². The van der Waals surface area contributed by atoms with E-state index in [9.17, 15) is 9.18 Å². The van der Waals surface area contributed by atoms with Crippen LogP contribution >= 0.6 is 0 Å². The lowest BCUT2D eigenvalue weighted by molar-refractivity contribution is 0.102. The Bertz CT molecular complexity index is 936. The molecule has 0 saturated heterocycles. The van der Waals surface area contributed by atoms with E-state index in [4.69, 9.17) is 9.47 Å². The lowest BCUT2D eigenvalue weighted by Gasteiger charge is -2.11. The van der Waals surface area contributed by atoms with Crippen molar-refractivity contribution in [1.29, 1.82) is 0 Å². The second-order valence-corrected chi connectivity index (χ2v) is 5.60. The van der Waals surface area contributed by atoms with Crippen LogP contribution in [0.2, 0.25) is 0 Å². The highest BCUT2D eigenvalue weighted by Gasteiger charge is 2.19. The summed E-state index contributed by atoms with van der Waals surface area (Å²) in [5, 5.41) is 10.00. The Balaban J connectivity index is 2.00. The van der Waals surface area contributed by atoms with Gasteiger partial charge < -0.3 is 14.8 Å². The van der Waals surface area contributed by atoms with Gasteiger partial charge >= 0.3 is 0 Å². The standard InChI is InChI=1S/C19H18FN3O3/c1-11-17(21-19(24)12-4-6-13(20)7-5-12)18(23-22-11)15-10-14(25-2)8-9-16(15)26-3/h4-10H,1-3H3,(H,21,24)(H,22,23). The number of hydrogen-bond donors (Lipinski definition) is 2. The number of carbonyl (C=O) groups excluding carboxylic acids is 1. The van der Waals surface area contributed by atoms with Gasteiger partial charge in [-0.15, -0.1) is 0 Å². The number of nitrogens with one attached hydrogen (secondary N) is 2. The summed E-state index contributed by atoms with van der Waals surface area (Å²) in [5.41, 5.74) is 2.74. The molecule has 2 N–H and O–H groups in total. The van der Waals surface area contributed by atoms with Gasteiger partial charge in [0, 0.05) is 11.1 Å². The molecular formula is C19H18FN3O3. The van der Waals surface area contributed by atoms with E-state index >= 15 is 0 Å². The minimum Gasteiger partial charge on any atom is -0.497 e. The molecule has 0 fully saturated rings. The monoisotopic (exact) mass is 355 g/mol. The average molecular weight is 355 g/mol. The van der Waals surface area contributed by atoms with Crippen LogP contribution in [-0.4, -0.2) is 30.3 Å². The van der Waals surface area contributed by atoms with Gasteiger partial charge in [0.25, 0.3) is 5.91 Å². The average Bonchev–Trinajstić information content (AvgIpc) is 3.02. The number of aromatic nitrogens is 2. The molecule has 7 heteroatoms. The third kappa shape index (κ3) is 3.37. The van der Waals surface area contributed by atoms with E-state index in [0.29, 0.717) is 39.7 Å². The number of benzene rings is 2. The van der Waals surface area contributed by atoms with Crippen molar-refractivity contribution in [1.82, 2.24) is 10.2 Å². The number of hydrogen-bond acceptors (Lipinski definition) is 4. The maximum absolute atomic E-state index is 13.1. The Labute approximate surface area is 150 Å². The molecule has 0 aliphatic rings. The zero-order chi connectivity index (χ0) is 18.7. The third-order valence-electron chi connectivity index (χ3n) is 3.95. The van der Waals surface area contributed by atoms with Crippen molar-refractivity contribution in [2.75, 3.05) is 19.5 Å². The van der Waals surface area contributed by atoms with Crippen LogP contribution in [0.25, 0.3) is 11.3 Å². The van der Waals surface area contributed by atoms with E-state index in [-0.39, 0.29) is 5.91 Å². The molecular weight excluding hydrogens is 337 g/mol. The molecule has 0 saturated carbocycles. The Hall–Kier alpha value is -3.35. The number of aryl methyl sites for hydroxylation is 1. The lowest BCUT2D eigenvalue weighted by atomic mass is 10.1. The molecule has 0 unspecified atom stereocenters. The minimum absolute atomic E-state index is 0.343. The van der Waals surface area contributed by atoms with Crippen molar-refractivity contribution in [3.8, 4) is 22.8 Å². The second-order valence-electron chi connectivity index (χ2n) is 5.60. The Morgan fingerprint density at radius 3 is 2.50 bits per heavy atom. The number of anilines is 1. The number of ether oxygens (including phenoxy) is 2. The van der Waals surface area contributed by atoms with Crippen molar-refractivity contribution >= 4 is 11.6 Å². The summed E-state index contributed by atoms with van der Waals surface area (Å²) >= 11 is 0. The summed E-state index contributed by atoms with van der Waals surface area (Å²) in [4.78, 5) is 12.5. The highest BCUT2D eigenvalue weighted by molar-refractivity contribution is 6.06. The molecule has 2 aromatic carbocycles. The second kappa shape index (κ2) is 7.26. The summed E-state index contributed by atoms with van der Waals surface area (Å²) in [7, 11) is 3.13. The maximum atomic E-state index is 13.1.